The van der Waals surface area contributed by atoms with Gasteiger partial charge in [-0.15, -0.1) is 0 Å². The van der Waals surface area contributed by atoms with Gasteiger partial charge < -0.3 is 14.8 Å². The van der Waals surface area contributed by atoms with Gasteiger partial charge in [0.2, 0.25) is 0 Å². The number of rotatable bonds is 6. The Kier molecular flexibility index (Phi) is 5.15. The molecule has 0 saturated carbocycles. The lowest BCUT2D eigenvalue weighted by Crippen LogP contribution is -2.24. The van der Waals surface area contributed by atoms with Gasteiger partial charge in [0.15, 0.2) is 6.61 Å². The van der Waals surface area contributed by atoms with Crippen LogP contribution in [-0.2, 0) is 11.4 Å². The zero-order chi connectivity index (χ0) is 15.1. The maximum absolute atomic E-state index is 13.4. The molecule has 0 heterocycles. The van der Waals surface area contributed by atoms with Crippen molar-refractivity contribution in [2.75, 3.05) is 13.7 Å². The fourth-order valence-corrected chi connectivity index (χ4v) is 1.63. The minimum absolute atomic E-state index is 0.0358. The maximum Gasteiger partial charge on any atom is 0.257 e. The number of halogens is 1. The topological polar surface area (TPSA) is 47.6 Å². The molecule has 21 heavy (non-hydrogen) atoms. The number of hydrogen-bond donors (Lipinski definition) is 1. The Morgan fingerprint density at radius 1 is 1.05 bits per heavy atom. The average molecular weight is 289 g/mol. The summed E-state index contributed by atoms with van der Waals surface area (Å²) in [6, 6.07) is 13.3. The summed E-state index contributed by atoms with van der Waals surface area (Å²) in [5.74, 6) is 0.681. The van der Waals surface area contributed by atoms with E-state index in [2.05, 4.69) is 5.32 Å². The molecular formula is C16H16FNO3. The Balaban J connectivity index is 1.88. The number of hydrogen-bond acceptors (Lipinski definition) is 3. The molecule has 2 aromatic rings. The first kappa shape index (κ1) is 14.8. The van der Waals surface area contributed by atoms with E-state index in [1.54, 1.807) is 49.5 Å². The van der Waals surface area contributed by atoms with Crippen LogP contribution in [-0.4, -0.2) is 19.6 Å². The number of benzene rings is 2. The van der Waals surface area contributed by atoms with Gasteiger partial charge in [-0.1, -0.05) is 18.2 Å². The van der Waals surface area contributed by atoms with Crippen LogP contribution >= 0.6 is 0 Å². The zero-order valence-electron chi connectivity index (χ0n) is 11.6. The molecule has 110 valence electrons. The maximum atomic E-state index is 13.4. The highest BCUT2D eigenvalue weighted by Gasteiger charge is 2.03. The van der Waals surface area contributed by atoms with Gasteiger partial charge in [0.1, 0.15) is 23.9 Å². The summed E-state index contributed by atoms with van der Waals surface area (Å²) < 4.78 is 24.2. The molecule has 0 unspecified atom stereocenters. The van der Waals surface area contributed by atoms with Gasteiger partial charge >= 0.3 is 0 Å². The van der Waals surface area contributed by atoms with Gasteiger partial charge in [-0.25, -0.2) is 4.39 Å². The third kappa shape index (κ3) is 4.49. The van der Waals surface area contributed by atoms with Crippen LogP contribution in [0.2, 0.25) is 0 Å². The average Bonchev–Trinajstić information content (AvgIpc) is 2.53. The molecule has 0 aliphatic rings. The molecule has 1 N–H and O–H groups in total. The molecule has 0 fully saturated rings. The lowest BCUT2D eigenvalue weighted by atomic mass is 10.2. The Morgan fingerprint density at radius 2 is 1.67 bits per heavy atom. The molecule has 0 spiro atoms. The number of nitrogens with one attached hydrogen (secondary N) is 1. The molecule has 4 nitrogen and oxygen atoms in total. The monoisotopic (exact) mass is 289 g/mol. The van der Waals surface area contributed by atoms with Crippen LogP contribution < -0.4 is 14.8 Å². The first-order valence-electron chi connectivity index (χ1n) is 6.48. The fraction of sp³-hybridized carbons (Fsp3) is 0.188. The quantitative estimate of drug-likeness (QED) is 0.889. The molecule has 2 aromatic carbocycles. The van der Waals surface area contributed by atoms with Crippen LogP contribution in [0.25, 0.3) is 0 Å². The molecule has 0 aromatic heterocycles. The first-order valence-corrected chi connectivity index (χ1v) is 6.48. The summed E-state index contributed by atoms with van der Waals surface area (Å²) in [6.45, 7) is 0.122. The number of carbonyl (C=O) groups excluding carboxylic acids is 1. The van der Waals surface area contributed by atoms with E-state index in [0.717, 1.165) is 0 Å². The number of ether oxygens (including phenoxy) is 2. The molecule has 2 rings (SSSR count). The normalized spacial score (nSPS) is 10.0. The second-order valence-corrected chi connectivity index (χ2v) is 4.31. The molecule has 1 amide bonds. The van der Waals surface area contributed by atoms with E-state index in [1.165, 1.54) is 6.07 Å². The van der Waals surface area contributed by atoms with Crippen LogP contribution in [0.3, 0.4) is 0 Å². The molecule has 0 atom stereocenters. The van der Waals surface area contributed by atoms with E-state index in [4.69, 9.17) is 9.47 Å². The predicted octanol–water partition coefficient (Wildman–Crippen LogP) is 2.53. The van der Waals surface area contributed by atoms with Gasteiger partial charge in [0.05, 0.1) is 0 Å². The highest BCUT2D eigenvalue weighted by molar-refractivity contribution is 5.77. The summed E-state index contributed by atoms with van der Waals surface area (Å²) in [6.07, 6.45) is 0. The minimum Gasteiger partial charge on any atom is -0.489 e. The Bertz CT molecular complexity index is 599. The zero-order valence-corrected chi connectivity index (χ0v) is 11.6. The van der Waals surface area contributed by atoms with Crippen LogP contribution in [0.1, 0.15) is 5.56 Å². The van der Waals surface area contributed by atoms with Gasteiger partial charge in [-0.2, -0.15) is 0 Å². The lowest BCUT2D eigenvalue weighted by molar-refractivity contribution is -0.122. The van der Waals surface area contributed by atoms with Crippen LogP contribution in [0.4, 0.5) is 4.39 Å². The van der Waals surface area contributed by atoms with Crippen molar-refractivity contribution in [1.29, 1.82) is 0 Å². The largest absolute Gasteiger partial charge is 0.489 e. The highest BCUT2D eigenvalue weighted by Crippen LogP contribution is 2.19. The fourth-order valence-electron chi connectivity index (χ4n) is 1.63. The Hall–Kier alpha value is -2.56. The number of amides is 1. The van der Waals surface area contributed by atoms with E-state index < -0.39 is 0 Å². The molecule has 5 heteroatoms. The molecule has 0 saturated heterocycles. The molecule has 0 bridgehead atoms. The van der Waals surface area contributed by atoms with Crippen molar-refractivity contribution in [3.8, 4) is 11.5 Å². The van der Waals surface area contributed by atoms with Gasteiger partial charge in [0.25, 0.3) is 5.91 Å². The second kappa shape index (κ2) is 7.28. The minimum atomic E-state index is -0.289. The summed E-state index contributed by atoms with van der Waals surface area (Å²) >= 11 is 0. The SMILES string of the molecule is CNC(=O)COc1ccc(OCc2ccccc2F)cc1. The molecule has 0 aliphatic heterocycles. The Morgan fingerprint density at radius 3 is 2.29 bits per heavy atom. The van der Waals surface area contributed by atoms with Crippen molar-refractivity contribution in [3.05, 3.63) is 59.9 Å². The highest BCUT2D eigenvalue weighted by atomic mass is 19.1. The summed E-state index contributed by atoms with van der Waals surface area (Å²) in [7, 11) is 1.55. The van der Waals surface area contributed by atoms with E-state index in [1.807, 2.05) is 0 Å². The van der Waals surface area contributed by atoms with Gasteiger partial charge in [-0.3, -0.25) is 4.79 Å². The van der Waals surface area contributed by atoms with Crippen molar-refractivity contribution in [2.24, 2.45) is 0 Å². The Labute approximate surface area is 122 Å². The third-order valence-electron chi connectivity index (χ3n) is 2.82. The van der Waals surface area contributed by atoms with Crippen LogP contribution in [0.5, 0.6) is 11.5 Å². The third-order valence-corrected chi connectivity index (χ3v) is 2.82. The van der Waals surface area contributed by atoms with E-state index in [9.17, 15) is 9.18 Å². The van der Waals surface area contributed by atoms with Crippen molar-refractivity contribution in [3.63, 3.8) is 0 Å². The predicted molar refractivity (Wildman–Crippen MR) is 76.7 cm³/mol. The number of carbonyl (C=O) groups is 1. The first-order chi connectivity index (χ1) is 10.2. The van der Waals surface area contributed by atoms with Crippen LogP contribution in [0.15, 0.2) is 48.5 Å². The molecule has 0 aliphatic carbocycles. The summed E-state index contributed by atoms with van der Waals surface area (Å²) in [5.41, 5.74) is 0.498. The van der Waals surface area contributed by atoms with Crippen molar-refractivity contribution < 1.29 is 18.7 Å². The van der Waals surface area contributed by atoms with E-state index in [-0.39, 0.29) is 24.9 Å². The lowest BCUT2D eigenvalue weighted by Gasteiger charge is -2.09. The van der Waals surface area contributed by atoms with Gasteiger partial charge in [0, 0.05) is 12.6 Å². The molecular weight excluding hydrogens is 273 g/mol. The summed E-state index contributed by atoms with van der Waals surface area (Å²) in [5, 5.41) is 2.47. The van der Waals surface area contributed by atoms with Gasteiger partial charge in [-0.05, 0) is 30.3 Å². The summed E-state index contributed by atoms with van der Waals surface area (Å²) in [4.78, 5) is 11.0. The van der Waals surface area contributed by atoms with E-state index in [0.29, 0.717) is 17.1 Å². The second-order valence-electron chi connectivity index (χ2n) is 4.31. The van der Waals surface area contributed by atoms with Crippen LogP contribution in [0, 0.1) is 5.82 Å². The van der Waals surface area contributed by atoms with Crippen molar-refractivity contribution in [1.82, 2.24) is 5.32 Å². The smallest absolute Gasteiger partial charge is 0.257 e. The standard InChI is InChI=1S/C16H16FNO3/c1-18-16(19)11-21-14-8-6-13(7-9-14)20-10-12-4-2-3-5-15(12)17/h2-9H,10-11H2,1H3,(H,18,19). The van der Waals surface area contributed by atoms with Crippen molar-refractivity contribution >= 4 is 5.91 Å². The molecule has 0 radical (unpaired) electrons. The van der Waals surface area contributed by atoms with E-state index >= 15 is 0 Å². The number of likely N-dealkylation sites (N-methyl/N-ethyl adjacent to an activating group) is 1. The van der Waals surface area contributed by atoms with Crippen molar-refractivity contribution in [2.45, 2.75) is 6.61 Å².